The van der Waals surface area contributed by atoms with Gasteiger partial charge in [-0.1, -0.05) is 12.8 Å². The summed E-state index contributed by atoms with van der Waals surface area (Å²) in [5.74, 6) is 0.0638. The number of amides is 1. The van der Waals surface area contributed by atoms with Gasteiger partial charge in [-0.2, -0.15) is 0 Å². The van der Waals surface area contributed by atoms with E-state index in [0.717, 1.165) is 37.8 Å². The molecule has 0 aromatic carbocycles. The molecule has 1 aliphatic carbocycles. The number of H-pyrrole nitrogens is 1. The van der Waals surface area contributed by atoms with E-state index in [1.165, 1.54) is 0 Å². The number of hydrogen-bond donors (Lipinski definition) is 3. The van der Waals surface area contributed by atoms with E-state index < -0.39 is 0 Å². The van der Waals surface area contributed by atoms with Crippen molar-refractivity contribution in [1.29, 1.82) is 0 Å². The highest BCUT2D eigenvalue weighted by atomic mass is 16.1. The molecule has 1 fully saturated rings. The Morgan fingerprint density at radius 3 is 2.94 bits per heavy atom. The van der Waals surface area contributed by atoms with Gasteiger partial charge in [0.15, 0.2) is 0 Å². The molecule has 0 saturated heterocycles. The molecule has 17 heavy (non-hydrogen) atoms. The summed E-state index contributed by atoms with van der Waals surface area (Å²) >= 11 is 0. The second kappa shape index (κ2) is 5.31. The van der Waals surface area contributed by atoms with Crippen LogP contribution in [0.4, 0.5) is 0 Å². The molecule has 1 saturated carbocycles. The van der Waals surface area contributed by atoms with Crippen molar-refractivity contribution in [2.75, 3.05) is 6.54 Å². The summed E-state index contributed by atoms with van der Waals surface area (Å²) in [4.78, 5) is 18.6. The van der Waals surface area contributed by atoms with E-state index in [1.807, 2.05) is 0 Å². The molecule has 0 radical (unpaired) electrons. The third-order valence-corrected chi connectivity index (χ3v) is 3.38. The lowest BCUT2D eigenvalue weighted by molar-refractivity contribution is -0.122. The number of aromatic nitrogens is 2. The van der Waals surface area contributed by atoms with Crippen LogP contribution in [0.2, 0.25) is 0 Å². The number of nitrogens with zero attached hydrogens (tertiary/aromatic N) is 1. The first-order chi connectivity index (χ1) is 8.18. The minimum Gasteiger partial charge on any atom is -0.356 e. The third-order valence-electron chi connectivity index (χ3n) is 3.38. The summed E-state index contributed by atoms with van der Waals surface area (Å²) in [5.41, 5.74) is 6.93. The normalized spacial score (nSPS) is 18.2. The first kappa shape index (κ1) is 12.1. The Balaban J connectivity index is 1.67. The summed E-state index contributed by atoms with van der Waals surface area (Å²) in [6, 6.07) is 0. The highest BCUT2D eigenvalue weighted by molar-refractivity contribution is 5.77. The van der Waals surface area contributed by atoms with Crippen molar-refractivity contribution in [1.82, 2.24) is 15.3 Å². The van der Waals surface area contributed by atoms with Crippen molar-refractivity contribution in [3.05, 3.63) is 18.2 Å². The SMILES string of the molecule is NC1(CC(=O)NCCc2cnc[nH]2)CCCC1. The van der Waals surface area contributed by atoms with Crippen LogP contribution in [0.5, 0.6) is 0 Å². The molecule has 5 heteroatoms. The monoisotopic (exact) mass is 236 g/mol. The lowest BCUT2D eigenvalue weighted by Gasteiger charge is -2.22. The van der Waals surface area contributed by atoms with E-state index in [1.54, 1.807) is 12.5 Å². The molecule has 1 aromatic heterocycles. The zero-order valence-electron chi connectivity index (χ0n) is 10.0. The quantitative estimate of drug-likeness (QED) is 0.704. The molecule has 0 bridgehead atoms. The fourth-order valence-corrected chi connectivity index (χ4v) is 2.40. The average molecular weight is 236 g/mol. The summed E-state index contributed by atoms with van der Waals surface area (Å²) < 4.78 is 0. The molecule has 1 heterocycles. The molecule has 94 valence electrons. The molecular formula is C12H20N4O. The van der Waals surface area contributed by atoms with Gasteiger partial charge in [0, 0.05) is 36.8 Å². The number of nitrogens with two attached hydrogens (primary N) is 1. The highest BCUT2D eigenvalue weighted by Crippen LogP contribution is 2.29. The maximum absolute atomic E-state index is 11.7. The Hall–Kier alpha value is -1.36. The van der Waals surface area contributed by atoms with E-state index in [2.05, 4.69) is 15.3 Å². The lowest BCUT2D eigenvalue weighted by Crippen LogP contribution is -2.42. The van der Waals surface area contributed by atoms with Crippen molar-refractivity contribution < 1.29 is 4.79 Å². The Kier molecular flexibility index (Phi) is 3.78. The summed E-state index contributed by atoms with van der Waals surface area (Å²) in [6.45, 7) is 0.636. The number of rotatable bonds is 5. The molecule has 5 nitrogen and oxygen atoms in total. The van der Waals surface area contributed by atoms with Gasteiger partial charge in [0.25, 0.3) is 0 Å². The van der Waals surface area contributed by atoms with Gasteiger partial charge in [-0.3, -0.25) is 4.79 Å². The van der Waals surface area contributed by atoms with Gasteiger partial charge in [-0.05, 0) is 12.8 Å². The minimum atomic E-state index is -0.252. The average Bonchev–Trinajstić information content (AvgIpc) is 2.90. The smallest absolute Gasteiger partial charge is 0.221 e. The Bertz CT molecular complexity index is 355. The molecule has 1 aromatic rings. The summed E-state index contributed by atoms with van der Waals surface area (Å²) in [6.07, 6.45) is 8.90. The van der Waals surface area contributed by atoms with E-state index in [-0.39, 0.29) is 11.4 Å². The number of aromatic amines is 1. The Morgan fingerprint density at radius 2 is 2.29 bits per heavy atom. The van der Waals surface area contributed by atoms with Crippen LogP contribution in [0.25, 0.3) is 0 Å². The van der Waals surface area contributed by atoms with Crippen molar-refractivity contribution in [3.8, 4) is 0 Å². The number of imidazole rings is 1. The Morgan fingerprint density at radius 1 is 1.53 bits per heavy atom. The first-order valence-corrected chi connectivity index (χ1v) is 6.21. The highest BCUT2D eigenvalue weighted by Gasteiger charge is 2.31. The van der Waals surface area contributed by atoms with Gasteiger partial charge < -0.3 is 16.0 Å². The van der Waals surface area contributed by atoms with Crippen LogP contribution in [0, 0.1) is 0 Å². The molecule has 0 unspecified atom stereocenters. The number of nitrogens with one attached hydrogen (secondary N) is 2. The maximum atomic E-state index is 11.7. The van der Waals surface area contributed by atoms with Gasteiger partial charge in [0.05, 0.1) is 6.33 Å². The van der Waals surface area contributed by atoms with Gasteiger partial charge in [-0.25, -0.2) is 4.98 Å². The van der Waals surface area contributed by atoms with Crippen molar-refractivity contribution >= 4 is 5.91 Å². The van der Waals surface area contributed by atoms with Crippen molar-refractivity contribution in [2.24, 2.45) is 5.73 Å². The predicted molar refractivity (Wildman–Crippen MR) is 65.3 cm³/mol. The van der Waals surface area contributed by atoms with Crippen LogP contribution in [0.3, 0.4) is 0 Å². The number of carbonyl (C=O) groups excluding carboxylic acids is 1. The second-order valence-electron chi connectivity index (χ2n) is 4.92. The predicted octanol–water partition coefficient (Wildman–Crippen LogP) is 0.730. The van der Waals surface area contributed by atoms with E-state index >= 15 is 0 Å². The fraction of sp³-hybridized carbons (Fsp3) is 0.667. The maximum Gasteiger partial charge on any atom is 0.221 e. The van der Waals surface area contributed by atoms with Crippen LogP contribution < -0.4 is 11.1 Å². The van der Waals surface area contributed by atoms with Crippen LogP contribution in [0.1, 0.15) is 37.8 Å². The molecule has 4 N–H and O–H groups in total. The van der Waals surface area contributed by atoms with Crippen LogP contribution in [-0.2, 0) is 11.2 Å². The molecule has 1 aliphatic rings. The summed E-state index contributed by atoms with van der Waals surface area (Å²) in [7, 11) is 0. The van der Waals surface area contributed by atoms with Crippen LogP contribution in [-0.4, -0.2) is 28.0 Å². The Labute approximate surface area is 101 Å². The van der Waals surface area contributed by atoms with E-state index in [0.29, 0.717) is 13.0 Å². The van der Waals surface area contributed by atoms with E-state index in [9.17, 15) is 4.79 Å². The zero-order valence-corrected chi connectivity index (χ0v) is 10.0. The van der Waals surface area contributed by atoms with Gasteiger partial charge in [-0.15, -0.1) is 0 Å². The topological polar surface area (TPSA) is 83.8 Å². The standard InChI is InChI=1S/C12H20N4O/c13-12(4-1-2-5-12)7-11(17)15-6-3-10-8-14-9-16-10/h8-9H,1-7,13H2,(H,14,16)(H,15,17). The molecule has 0 spiro atoms. The minimum absolute atomic E-state index is 0.0638. The molecule has 0 aliphatic heterocycles. The summed E-state index contributed by atoms with van der Waals surface area (Å²) in [5, 5.41) is 2.91. The van der Waals surface area contributed by atoms with Crippen molar-refractivity contribution in [2.45, 2.75) is 44.1 Å². The van der Waals surface area contributed by atoms with Gasteiger partial charge >= 0.3 is 0 Å². The fourth-order valence-electron chi connectivity index (χ4n) is 2.40. The first-order valence-electron chi connectivity index (χ1n) is 6.21. The second-order valence-corrected chi connectivity index (χ2v) is 4.92. The van der Waals surface area contributed by atoms with Crippen LogP contribution >= 0.6 is 0 Å². The van der Waals surface area contributed by atoms with Gasteiger partial charge in [0.2, 0.25) is 5.91 Å². The number of carbonyl (C=O) groups is 1. The number of hydrogen-bond acceptors (Lipinski definition) is 3. The zero-order chi connectivity index (χ0) is 12.1. The van der Waals surface area contributed by atoms with Gasteiger partial charge in [0.1, 0.15) is 0 Å². The van der Waals surface area contributed by atoms with Crippen LogP contribution in [0.15, 0.2) is 12.5 Å². The molecule has 2 rings (SSSR count). The largest absolute Gasteiger partial charge is 0.356 e. The van der Waals surface area contributed by atoms with E-state index in [4.69, 9.17) is 5.73 Å². The third kappa shape index (κ3) is 3.56. The lowest BCUT2D eigenvalue weighted by atomic mass is 9.94. The molecule has 1 amide bonds. The molecule has 0 atom stereocenters. The molecular weight excluding hydrogens is 216 g/mol. The van der Waals surface area contributed by atoms with Crippen molar-refractivity contribution in [3.63, 3.8) is 0 Å².